The van der Waals surface area contributed by atoms with Gasteiger partial charge in [-0.15, -0.1) is 0 Å². The van der Waals surface area contributed by atoms with E-state index in [1.54, 1.807) is 7.11 Å². The molecule has 13 heavy (non-hydrogen) atoms. The molecule has 0 unspecified atom stereocenters. The zero-order valence-corrected chi connectivity index (χ0v) is 9.81. The molecule has 0 atom stereocenters. The van der Waals surface area contributed by atoms with Gasteiger partial charge in [-0.2, -0.15) is 0 Å². The summed E-state index contributed by atoms with van der Waals surface area (Å²) < 4.78 is 5.68. The Kier molecular flexibility index (Phi) is 4.09. The molecule has 72 valence electrons. The molecule has 3 nitrogen and oxygen atoms in total. The summed E-state index contributed by atoms with van der Waals surface area (Å²) in [7, 11) is 1.65. The van der Waals surface area contributed by atoms with E-state index < -0.39 is 0 Å². The molecule has 0 N–H and O–H groups in total. The quantitative estimate of drug-likeness (QED) is 0.787. The van der Waals surface area contributed by atoms with Crippen LogP contribution in [0.2, 0.25) is 5.15 Å². The number of hydrogen-bond acceptors (Lipinski definition) is 3. The van der Waals surface area contributed by atoms with E-state index in [4.69, 9.17) is 16.3 Å². The van der Waals surface area contributed by atoms with Gasteiger partial charge in [0.05, 0.1) is 16.8 Å². The number of nitrogens with zero attached hydrogens (tertiary/aromatic N) is 2. The number of ether oxygens (including phenoxy) is 1. The van der Waals surface area contributed by atoms with Crippen LogP contribution in [0.5, 0.6) is 0 Å². The molecule has 0 radical (unpaired) electrons. The van der Waals surface area contributed by atoms with Crippen LogP contribution in [0, 0.1) is 6.92 Å². The van der Waals surface area contributed by atoms with E-state index >= 15 is 0 Å². The van der Waals surface area contributed by atoms with Crippen molar-refractivity contribution >= 4 is 27.5 Å². The first-order valence-electron chi connectivity index (χ1n) is 3.82. The van der Waals surface area contributed by atoms with Crippen molar-refractivity contribution in [1.29, 1.82) is 0 Å². The fourth-order valence-corrected chi connectivity index (χ4v) is 1.30. The third-order valence-corrected chi connectivity index (χ3v) is 3.00. The summed E-state index contributed by atoms with van der Waals surface area (Å²) in [5.74, 6) is 0.715. The van der Waals surface area contributed by atoms with E-state index in [0.717, 1.165) is 10.2 Å². The molecule has 0 bridgehead atoms. The molecule has 1 aromatic rings. The van der Waals surface area contributed by atoms with Crippen LogP contribution < -0.4 is 0 Å². The van der Waals surface area contributed by atoms with Crippen LogP contribution in [0.15, 0.2) is 4.47 Å². The smallest absolute Gasteiger partial charge is 0.147 e. The Balaban J connectivity index is 2.86. The topological polar surface area (TPSA) is 35.0 Å². The van der Waals surface area contributed by atoms with Crippen molar-refractivity contribution in [3.63, 3.8) is 0 Å². The van der Waals surface area contributed by atoms with Gasteiger partial charge in [0.25, 0.3) is 0 Å². The number of halogens is 2. The summed E-state index contributed by atoms with van der Waals surface area (Å²) in [6, 6.07) is 0. The van der Waals surface area contributed by atoms with E-state index in [1.165, 1.54) is 0 Å². The summed E-state index contributed by atoms with van der Waals surface area (Å²) in [5, 5.41) is 0.457. The highest BCUT2D eigenvalue weighted by Crippen LogP contribution is 2.22. The van der Waals surface area contributed by atoms with Crippen LogP contribution in [-0.4, -0.2) is 23.7 Å². The first kappa shape index (κ1) is 10.9. The van der Waals surface area contributed by atoms with Crippen molar-refractivity contribution in [2.75, 3.05) is 13.7 Å². The number of aromatic nitrogens is 2. The number of hydrogen-bond donors (Lipinski definition) is 0. The maximum absolute atomic E-state index is 5.86. The monoisotopic (exact) mass is 264 g/mol. The van der Waals surface area contributed by atoms with Gasteiger partial charge < -0.3 is 4.74 Å². The van der Waals surface area contributed by atoms with E-state index in [1.807, 2.05) is 6.92 Å². The highest BCUT2D eigenvalue weighted by molar-refractivity contribution is 9.10. The third kappa shape index (κ3) is 2.90. The lowest BCUT2D eigenvalue weighted by Crippen LogP contribution is -2.02. The van der Waals surface area contributed by atoms with E-state index in [9.17, 15) is 0 Å². The molecule has 5 heteroatoms. The maximum atomic E-state index is 5.86. The zero-order valence-electron chi connectivity index (χ0n) is 7.47. The van der Waals surface area contributed by atoms with E-state index in [2.05, 4.69) is 25.9 Å². The van der Waals surface area contributed by atoms with Gasteiger partial charge in [-0.3, -0.25) is 0 Å². The molecule has 1 aromatic heterocycles. The number of aryl methyl sites for hydroxylation is 1. The highest BCUT2D eigenvalue weighted by atomic mass is 79.9. The Labute approximate surface area is 90.6 Å². The minimum atomic E-state index is 0.457. The predicted octanol–water partition coefficient (Wildman–Crippen LogP) is 2.39. The Morgan fingerprint density at radius 3 is 2.69 bits per heavy atom. The average Bonchev–Trinajstić information content (AvgIpc) is 2.10. The normalized spacial score (nSPS) is 10.5. The molecule has 0 saturated carbocycles. The lowest BCUT2D eigenvalue weighted by Gasteiger charge is -2.03. The number of rotatable bonds is 3. The molecule has 1 heterocycles. The standard InChI is InChI=1S/C8H10BrClN2O/c1-5-7(9)8(10)12-6(11-5)3-4-13-2/h3-4H2,1-2H3. The minimum absolute atomic E-state index is 0.457. The fraction of sp³-hybridized carbons (Fsp3) is 0.500. The Hall–Kier alpha value is -0.190. The first-order valence-corrected chi connectivity index (χ1v) is 4.99. The molecule has 0 aromatic carbocycles. The van der Waals surface area contributed by atoms with Gasteiger partial charge in [0.1, 0.15) is 11.0 Å². The average molecular weight is 266 g/mol. The van der Waals surface area contributed by atoms with Crippen LogP contribution in [0.4, 0.5) is 0 Å². The second-order valence-electron chi connectivity index (χ2n) is 2.57. The van der Waals surface area contributed by atoms with Crippen LogP contribution in [0.3, 0.4) is 0 Å². The Morgan fingerprint density at radius 1 is 1.46 bits per heavy atom. The molecule has 0 aliphatic heterocycles. The zero-order chi connectivity index (χ0) is 9.84. The van der Waals surface area contributed by atoms with Crippen molar-refractivity contribution in [3.05, 3.63) is 21.1 Å². The van der Waals surface area contributed by atoms with Crippen molar-refractivity contribution in [2.45, 2.75) is 13.3 Å². The molecule has 0 saturated heterocycles. The van der Waals surface area contributed by atoms with Gasteiger partial charge in [0.2, 0.25) is 0 Å². The lowest BCUT2D eigenvalue weighted by atomic mass is 10.4. The summed E-state index contributed by atoms with van der Waals surface area (Å²) >= 11 is 9.15. The second-order valence-corrected chi connectivity index (χ2v) is 3.72. The molecule has 0 amide bonds. The summed E-state index contributed by atoms with van der Waals surface area (Å²) in [5.41, 5.74) is 0.853. The fourth-order valence-electron chi connectivity index (χ4n) is 0.884. The lowest BCUT2D eigenvalue weighted by molar-refractivity contribution is 0.200. The number of methoxy groups -OCH3 is 1. The predicted molar refractivity (Wildman–Crippen MR) is 55.1 cm³/mol. The molecule has 0 aliphatic carbocycles. The minimum Gasteiger partial charge on any atom is -0.384 e. The molecular formula is C8H10BrClN2O. The van der Waals surface area contributed by atoms with Crippen molar-refractivity contribution in [3.8, 4) is 0 Å². The Bertz CT molecular complexity index is 283. The van der Waals surface area contributed by atoms with Crippen LogP contribution in [0.25, 0.3) is 0 Å². The van der Waals surface area contributed by atoms with Gasteiger partial charge in [-0.05, 0) is 22.9 Å². The van der Waals surface area contributed by atoms with Gasteiger partial charge in [-0.25, -0.2) is 9.97 Å². The Morgan fingerprint density at radius 2 is 2.15 bits per heavy atom. The SMILES string of the molecule is COCCc1nc(C)c(Br)c(Cl)n1. The maximum Gasteiger partial charge on any atom is 0.147 e. The third-order valence-electron chi connectivity index (χ3n) is 1.55. The first-order chi connectivity index (χ1) is 6.15. The summed E-state index contributed by atoms with van der Waals surface area (Å²) in [6.07, 6.45) is 0.685. The van der Waals surface area contributed by atoms with Crippen LogP contribution in [-0.2, 0) is 11.2 Å². The van der Waals surface area contributed by atoms with Crippen LogP contribution in [0.1, 0.15) is 11.5 Å². The molecular weight excluding hydrogens is 255 g/mol. The highest BCUT2D eigenvalue weighted by Gasteiger charge is 2.06. The van der Waals surface area contributed by atoms with Gasteiger partial charge >= 0.3 is 0 Å². The van der Waals surface area contributed by atoms with E-state index in [0.29, 0.717) is 24.0 Å². The molecule has 1 rings (SSSR count). The van der Waals surface area contributed by atoms with Gasteiger partial charge in [0, 0.05) is 13.5 Å². The van der Waals surface area contributed by atoms with Crippen molar-refractivity contribution in [2.24, 2.45) is 0 Å². The molecule has 0 fully saturated rings. The van der Waals surface area contributed by atoms with Gasteiger partial charge in [0.15, 0.2) is 0 Å². The summed E-state index contributed by atoms with van der Waals surface area (Å²) in [6.45, 7) is 2.49. The summed E-state index contributed by atoms with van der Waals surface area (Å²) in [4.78, 5) is 8.35. The van der Waals surface area contributed by atoms with E-state index in [-0.39, 0.29) is 0 Å². The van der Waals surface area contributed by atoms with Crippen LogP contribution >= 0.6 is 27.5 Å². The van der Waals surface area contributed by atoms with Gasteiger partial charge in [-0.1, -0.05) is 11.6 Å². The molecule has 0 spiro atoms. The van der Waals surface area contributed by atoms with Crippen molar-refractivity contribution < 1.29 is 4.74 Å². The van der Waals surface area contributed by atoms with Crippen molar-refractivity contribution in [1.82, 2.24) is 9.97 Å². The molecule has 0 aliphatic rings. The largest absolute Gasteiger partial charge is 0.384 e. The second kappa shape index (κ2) is 4.88.